The van der Waals surface area contributed by atoms with Crippen LogP contribution in [0, 0.1) is 0 Å². The normalized spacial score (nSPS) is 10.1. The summed E-state index contributed by atoms with van der Waals surface area (Å²) in [7, 11) is 1.59. The summed E-state index contributed by atoms with van der Waals surface area (Å²) < 4.78 is 10.7. The Balaban J connectivity index is 1.71. The molecule has 2 N–H and O–H groups in total. The molecule has 0 unspecified atom stereocenters. The van der Waals surface area contributed by atoms with E-state index in [9.17, 15) is 4.79 Å². The van der Waals surface area contributed by atoms with Crippen LogP contribution in [0.4, 0.5) is 17.2 Å². The molecule has 0 spiro atoms. The summed E-state index contributed by atoms with van der Waals surface area (Å²) in [6.07, 6.45) is 1.34. The zero-order chi connectivity index (χ0) is 19.1. The summed E-state index contributed by atoms with van der Waals surface area (Å²) in [6.45, 7) is 2.51. The van der Waals surface area contributed by atoms with Crippen LogP contribution in [-0.2, 0) is 0 Å². The Morgan fingerprint density at radius 1 is 1.07 bits per heavy atom. The molecule has 27 heavy (non-hydrogen) atoms. The van der Waals surface area contributed by atoms with Gasteiger partial charge in [0.1, 0.15) is 29.3 Å². The van der Waals surface area contributed by atoms with Crippen LogP contribution in [0.15, 0.2) is 60.9 Å². The number of nitrogens with one attached hydrogen (secondary N) is 2. The maximum atomic E-state index is 12.5. The average molecular weight is 364 g/mol. The van der Waals surface area contributed by atoms with Gasteiger partial charge in [0.15, 0.2) is 0 Å². The number of aromatic nitrogens is 2. The predicted octanol–water partition coefficient (Wildman–Crippen LogP) is 3.88. The Morgan fingerprint density at radius 2 is 1.85 bits per heavy atom. The van der Waals surface area contributed by atoms with E-state index in [0.717, 1.165) is 11.4 Å². The van der Waals surface area contributed by atoms with Gasteiger partial charge in [-0.15, -0.1) is 0 Å². The van der Waals surface area contributed by atoms with Gasteiger partial charge in [0, 0.05) is 11.8 Å². The lowest BCUT2D eigenvalue weighted by molar-refractivity contribution is 0.102. The van der Waals surface area contributed by atoms with Crippen LogP contribution in [0.2, 0.25) is 0 Å². The lowest BCUT2D eigenvalue weighted by Gasteiger charge is -2.11. The molecule has 1 amide bonds. The maximum absolute atomic E-state index is 12.5. The number of methoxy groups -OCH3 is 1. The van der Waals surface area contributed by atoms with Crippen LogP contribution in [0.1, 0.15) is 17.4 Å². The molecular formula is C20H20N4O3. The Hall–Kier alpha value is -3.61. The third kappa shape index (κ3) is 4.72. The van der Waals surface area contributed by atoms with Crippen LogP contribution >= 0.6 is 0 Å². The van der Waals surface area contributed by atoms with Crippen LogP contribution < -0.4 is 20.1 Å². The summed E-state index contributed by atoms with van der Waals surface area (Å²) in [5.41, 5.74) is 1.65. The molecule has 0 bridgehead atoms. The molecule has 3 aromatic rings. The second-order valence-electron chi connectivity index (χ2n) is 5.53. The summed E-state index contributed by atoms with van der Waals surface area (Å²) in [5.74, 6) is 1.59. The minimum absolute atomic E-state index is 0.247. The largest absolute Gasteiger partial charge is 0.495 e. The topological polar surface area (TPSA) is 85.4 Å². The van der Waals surface area contributed by atoms with Crippen molar-refractivity contribution >= 4 is 23.1 Å². The van der Waals surface area contributed by atoms with Crippen molar-refractivity contribution in [2.24, 2.45) is 0 Å². The van der Waals surface area contributed by atoms with Gasteiger partial charge in [0.2, 0.25) is 0 Å². The van der Waals surface area contributed by atoms with E-state index in [1.807, 2.05) is 31.2 Å². The van der Waals surface area contributed by atoms with Gasteiger partial charge in [0.05, 0.1) is 19.4 Å². The smallest absolute Gasteiger partial charge is 0.274 e. The minimum atomic E-state index is -0.329. The Morgan fingerprint density at radius 3 is 2.59 bits per heavy atom. The number of para-hydroxylation sites is 2. The van der Waals surface area contributed by atoms with E-state index in [-0.39, 0.29) is 11.6 Å². The fraction of sp³-hybridized carbons (Fsp3) is 0.150. The molecule has 7 heteroatoms. The highest BCUT2D eigenvalue weighted by atomic mass is 16.5. The van der Waals surface area contributed by atoms with Crippen molar-refractivity contribution in [3.63, 3.8) is 0 Å². The van der Waals surface area contributed by atoms with Crippen LogP contribution in [0.5, 0.6) is 11.5 Å². The van der Waals surface area contributed by atoms with Gasteiger partial charge in [0.25, 0.3) is 5.91 Å². The van der Waals surface area contributed by atoms with E-state index in [0.29, 0.717) is 23.9 Å². The number of nitrogens with zero attached hydrogens (tertiary/aromatic N) is 2. The van der Waals surface area contributed by atoms with E-state index in [2.05, 4.69) is 20.6 Å². The van der Waals surface area contributed by atoms with Crippen molar-refractivity contribution in [3.8, 4) is 11.5 Å². The standard InChI is InChI=1S/C20H20N4O3/c1-3-27-15-10-8-14(9-11-15)23-20(25)17-12-19(22-13-21-17)24-16-6-4-5-7-18(16)26-2/h4-13H,3H2,1-2H3,(H,23,25)(H,21,22,24). The Bertz CT molecular complexity index is 913. The first kappa shape index (κ1) is 18.2. The van der Waals surface area contributed by atoms with Gasteiger partial charge in [-0.3, -0.25) is 4.79 Å². The molecule has 0 saturated heterocycles. The molecule has 138 valence electrons. The first-order chi connectivity index (χ1) is 13.2. The van der Waals surface area contributed by atoms with E-state index in [1.54, 1.807) is 37.4 Å². The molecule has 1 aromatic heterocycles. The van der Waals surface area contributed by atoms with Gasteiger partial charge < -0.3 is 20.1 Å². The SMILES string of the molecule is CCOc1ccc(NC(=O)c2cc(Nc3ccccc3OC)ncn2)cc1. The molecule has 7 nitrogen and oxygen atoms in total. The van der Waals surface area contributed by atoms with Gasteiger partial charge >= 0.3 is 0 Å². The van der Waals surface area contributed by atoms with Crippen molar-refractivity contribution < 1.29 is 14.3 Å². The van der Waals surface area contributed by atoms with Crippen LogP contribution in [-0.4, -0.2) is 29.6 Å². The molecule has 2 aromatic carbocycles. The third-order valence-electron chi connectivity index (χ3n) is 3.69. The number of anilines is 3. The number of hydrogen-bond donors (Lipinski definition) is 2. The molecule has 0 atom stereocenters. The first-order valence-corrected chi connectivity index (χ1v) is 8.46. The molecule has 0 aliphatic heterocycles. The Kier molecular flexibility index (Phi) is 5.84. The Labute approximate surface area is 157 Å². The maximum Gasteiger partial charge on any atom is 0.274 e. The first-order valence-electron chi connectivity index (χ1n) is 8.46. The number of carbonyl (C=O) groups excluding carboxylic acids is 1. The van der Waals surface area contributed by atoms with Crippen molar-refractivity contribution in [2.75, 3.05) is 24.4 Å². The van der Waals surface area contributed by atoms with Crippen molar-refractivity contribution in [1.29, 1.82) is 0 Å². The fourth-order valence-electron chi connectivity index (χ4n) is 2.43. The zero-order valence-corrected chi connectivity index (χ0v) is 15.1. The summed E-state index contributed by atoms with van der Waals surface area (Å²) in [5, 5.41) is 5.94. The minimum Gasteiger partial charge on any atom is -0.495 e. The van der Waals surface area contributed by atoms with Crippen molar-refractivity contribution in [2.45, 2.75) is 6.92 Å². The zero-order valence-electron chi connectivity index (χ0n) is 15.1. The van der Waals surface area contributed by atoms with Gasteiger partial charge in [-0.25, -0.2) is 9.97 Å². The monoisotopic (exact) mass is 364 g/mol. The molecule has 0 aliphatic carbocycles. The van der Waals surface area contributed by atoms with E-state index >= 15 is 0 Å². The highest BCUT2D eigenvalue weighted by Gasteiger charge is 2.10. The summed E-state index contributed by atoms with van der Waals surface area (Å²) in [4.78, 5) is 20.7. The second kappa shape index (κ2) is 8.66. The number of rotatable bonds is 7. The second-order valence-corrected chi connectivity index (χ2v) is 5.53. The number of benzene rings is 2. The van der Waals surface area contributed by atoms with Crippen LogP contribution in [0.25, 0.3) is 0 Å². The molecule has 0 aliphatic rings. The molecule has 0 fully saturated rings. The number of carbonyl (C=O) groups is 1. The lowest BCUT2D eigenvalue weighted by atomic mass is 10.2. The third-order valence-corrected chi connectivity index (χ3v) is 3.69. The van der Waals surface area contributed by atoms with Gasteiger partial charge in [-0.2, -0.15) is 0 Å². The summed E-state index contributed by atoms with van der Waals surface area (Å²) >= 11 is 0. The lowest BCUT2D eigenvalue weighted by Crippen LogP contribution is -2.14. The fourth-order valence-corrected chi connectivity index (χ4v) is 2.43. The van der Waals surface area contributed by atoms with Crippen molar-refractivity contribution in [3.05, 3.63) is 66.6 Å². The predicted molar refractivity (Wildman–Crippen MR) is 104 cm³/mol. The highest BCUT2D eigenvalue weighted by Crippen LogP contribution is 2.26. The van der Waals surface area contributed by atoms with Gasteiger partial charge in [-0.05, 0) is 43.3 Å². The van der Waals surface area contributed by atoms with Gasteiger partial charge in [-0.1, -0.05) is 12.1 Å². The highest BCUT2D eigenvalue weighted by molar-refractivity contribution is 6.03. The molecular weight excluding hydrogens is 344 g/mol. The quantitative estimate of drug-likeness (QED) is 0.662. The van der Waals surface area contributed by atoms with E-state index in [4.69, 9.17) is 9.47 Å². The van der Waals surface area contributed by atoms with Crippen LogP contribution in [0.3, 0.4) is 0 Å². The number of ether oxygens (including phenoxy) is 2. The number of hydrogen-bond acceptors (Lipinski definition) is 6. The van der Waals surface area contributed by atoms with E-state index < -0.39 is 0 Å². The molecule has 0 radical (unpaired) electrons. The average Bonchev–Trinajstić information content (AvgIpc) is 2.70. The van der Waals surface area contributed by atoms with E-state index in [1.165, 1.54) is 6.33 Å². The molecule has 1 heterocycles. The van der Waals surface area contributed by atoms with Crippen molar-refractivity contribution in [1.82, 2.24) is 9.97 Å². The molecule has 0 saturated carbocycles. The number of amides is 1. The summed E-state index contributed by atoms with van der Waals surface area (Å²) in [6, 6.07) is 16.2. The molecule has 3 rings (SSSR count).